The summed E-state index contributed by atoms with van der Waals surface area (Å²) < 4.78 is 0. The number of carbonyl (C=O) groups excluding carboxylic acids is 1. The Balaban J connectivity index is 2.14. The summed E-state index contributed by atoms with van der Waals surface area (Å²) in [6.07, 6.45) is 1.63. The third-order valence-electron chi connectivity index (χ3n) is 3.40. The predicted molar refractivity (Wildman–Crippen MR) is 92.3 cm³/mol. The van der Waals surface area contributed by atoms with Gasteiger partial charge in [0.05, 0.1) is 0 Å². The van der Waals surface area contributed by atoms with Crippen molar-refractivity contribution in [2.24, 2.45) is 0 Å². The van der Waals surface area contributed by atoms with E-state index in [1.807, 2.05) is 24.3 Å². The molecule has 1 amide bonds. The number of nitrogens with one attached hydrogen (secondary N) is 1. The molecule has 0 bridgehead atoms. The van der Waals surface area contributed by atoms with Crippen LogP contribution in [-0.2, 0) is 6.54 Å². The van der Waals surface area contributed by atoms with Crippen molar-refractivity contribution in [1.29, 1.82) is 0 Å². The summed E-state index contributed by atoms with van der Waals surface area (Å²) in [5, 5.41) is 10.9. The number of hydrogen-bond acceptors (Lipinski definition) is 4. The van der Waals surface area contributed by atoms with Crippen molar-refractivity contribution >= 4 is 11.7 Å². The minimum atomic E-state index is -0.247. The van der Waals surface area contributed by atoms with Gasteiger partial charge in [-0.1, -0.05) is 36.4 Å². The lowest BCUT2D eigenvalue weighted by atomic mass is 10.2. The van der Waals surface area contributed by atoms with Crippen molar-refractivity contribution in [1.82, 2.24) is 15.5 Å². The number of aromatic nitrogens is 2. The molecule has 0 atom stereocenters. The van der Waals surface area contributed by atoms with Crippen LogP contribution in [0.15, 0.2) is 55.1 Å². The van der Waals surface area contributed by atoms with Gasteiger partial charge < -0.3 is 10.2 Å². The second-order valence-electron chi connectivity index (χ2n) is 5.48. The highest BCUT2D eigenvalue weighted by Gasteiger charge is 2.14. The Labute approximate surface area is 137 Å². The van der Waals surface area contributed by atoms with Gasteiger partial charge in [-0.05, 0) is 31.5 Å². The van der Waals surface area contributed by atoms with Crippen LogP contribution in [0.2, 0.25) is 0 Å². The van der Waals surface area contributed by atoms with E-state index in [0.717, 1.165) is 12.4 Å². The second kappa shape index (κ2) is 8.08. The minimum Gasteiger partial charge on any atom is -0.348 e. The molecular formula is C18H22N4O. The average Bonchev–Trinajstić information content (AvgIpc) is 2.58. The Morgan fingerprint density at radius 1 is 1.22 bits per heavy atom. The highest BCUT2D eigenvalue weighted by atomic mass is 16.1. The second-order valence-corrected chi connectivity index (χ2v) is 5.48. The number of amides is 1. The van der Waals surface area contributed by atoms with Crippen molar-refractivity contribution in [2.75, 3.05) is 11.4 Å². The van der Waals surface area contributed by atoms with Crippen LogP contribution in [-0.4, -0.2) is 28.7 Å². The smallest absolute Gasteiger partial charge is 0.272 e. The summed E-state index contributed by atoms with van der Waals surface area (Å²) in [5.41, 5.74) is 1.51. The first-order valence-electron chi connectivity index (χ1n) is 7.65. The topological polar surface area (TPSA) is 58.1 Å². The first-order valence-corrected chi connectivity index (χ1v) is 7.65. The molecule has 0 aliphatic carbocycles. The molecule has 0 aliphatic heterocycles. The highest BCUT2D eigenvalue weighted by molar-refractivity contribution is 5.92. The van der Waals surface area contributed by atoms with Gasteiger partial charge in [0.15, 0.2) is 11.5 Å². The number of hydrogen-bond donors (Lipinski definition) is 1. The zero-order valence-corrected chi connectivity index (χ0v) is 13.6. The molecule has 1 N–H and O–H groups in total. The Morgan fingerprint density at radius 2 is 1.96 bits per heavy atom. The Kier molecular flexibility index (Phi) is 5.86. The average molecular weight is 310 g/mol. The molecule has 0 fully saturated rings. The molecule has 5 nitrogen and oxygen atoms in total. The molecule has 0 aliphatic rings. The maximum Gasteiger partial charge on any atom is 0.272 e. The van der Waals surface area contributed by atoms with Crippen LogP contribution in [0, 0.1) is 0 Å². The van der Waals surface area contributed by atoms with Crippen molar-refractivity contribution in [3.63, 3.8) is 0 Å². The van der Waals surface area contributed by atoms with Crippen molar-refractivity contribution in [3.8, 4) is 0 Å². The van der Waals surface area contributed by atoms with Crippen molar-refractivity contribution in [3.05, 3.63) is 66.4 Å². The highest BCUT2D eigenvalue weighted by Crippen LogP contribution is 2.17. The lowest BCUT2D eigenvalue weighted by Gasteiger charge is -2.27. The van der Waals surface area contributed by atoms with E-state index in [9.17, 15) is 4.79 Å². The number of benzene rings is 1. The summed E-state index contributed by atoms with van der Waals surface area (Å²) in [6.45, 7) is 8.93. The van der Waals surface area contributed by atoms with Crippen LogP contribution in [0.5, 0.6) is 0 Å². The van der Waals surface area contributed by atoms with Gasteiger partial charge in [0.1, 0.15) is 0 Å². The molecule has 1 aromatic heterocycles. The fourth-order valence-corrected chi connectivity index (χ4v) is 2.16. The lowest BCUT2D eigenvalue weighted by molar-refractivity contribution is 0.0952. The molecule has 0 saturated heterocycles. The van der Waals surface area contributed by atoms with Gasteiger partial charge >= 0.3 is 0 Å². The monoisotopic (exact) mass is 310 g/mol. The predicted octanol–water partition coefficient (Wildman–Crippen LogP) is 2.81. The van der Waals surface area contributed by atoms with E-state index in [-0.39, 0.29) is 11.9 Å². The van der Waals surface area contributed by atoms with Gasteiger partial charge in [-0.25, -0.2) is 0 Å². The molecule has 2 aromatic rings. The van der Waals surface area contributed by atoms with Crippen LogP contribution < -0.4 is 10.2 Å². The van der Waals surface area contributed by atoms with Crippen LogP contribution >= 0.6 is 0 Å². The van der Waals surface area contributed by atoms with E-state index in [2.05, 4.69) is 53.0 Å². The largest absolute Gasteiger partial charge is 0.348 e. The van der Waals surface area contributed by atoms with E-state index >= 15 is 0 Å². The number of carbonyl (C=O) groups is 1. The zero-order chi connectivity index (χ0) is 16.7. The van der Waals surface area contributed by atoms with E-state index in [0.29, 0.717) is 12.2 Å². The fraction of sp³-hybridized carbons (Fsp3) is 0.278. The Hall–Kier alpha value is -2.69. The minimum absolute atomic E-state index is 0.247. The normalized spacial score (nSPS) is 10.4. The molecule has 1 aromatic carbocycles. The quantitative estimate of drug-likeness (QED) is 0.799. The molecule has 2 rings (SSSR count). The lowest BCUT2D eigenvalue weighted by Crippen LogP contribution is -2.31. The van der Waals surface area contributed by atoms with Crippen LogP contribution in [0.3, 0.4) is 0 Å². The summed E-state index contributed by atoms with van der Waals surface area (Å²) in [4.78, 5) is 14.0. The van der Waals surface area contributed by atoms with Crippen molar-refractivity contribution in [2.45, 2.75) is 26.4 Å². The molecule has 23 heavy (non-hydrogen) atoms. The summed E-state index contributed by atoms with van der Waals surface area (Å²) >= 11 is 0. The van der Waals surface area contributed by atoms with E-state index < -0.39 is 0 Å². The third-order valence-corrected chi connectivity index (χ3v) is 3.40. The molecule has 0 unspecified atom stereocenters. The molecule has 0 radical (unpaired) electrons. The molecular weight excluding hydrogens is 288 g/mol. The number of nitrogens with zero attached hydrogens (tertiary/aromatic N) is 3. The number of rotatable bonds is 7. The zero-order valence-electron chi connectivity index (χ0n) is 13.6. The number of anilines is 1. The third kappa shape index (κ3) is 4.64. The van der Waals surface area contributed by atoms with Gasteiger partial charge in [-0.2, -0.15) is 0 Å². The summed E-state index contributed by atoms with van der Waals surface area (Å²) in [6, 6.07) is 14.0. The van der Waals surface area contributed by atoms with Gasteiger partial charge in [0.2, 0.25) is 0 Å². The first-order chi connectivity index (χ1) is 11.1. The Bertz CT molecular complexity index is 638. The molecule has 0 spiro atoms. The maximum atomic E-state index is 11.8. The van der Waals surface area contributed by atoms with Gasteiger partial charge in [-0.3, -0.25) is 4.79 Å². The summed E-state index contributed by atoms with van der Waals surface area (Å²) in [7, 11) is 0. The molecule has 0 saturated carbocycles. The van der Waals surface area contributed by atoms with Gasteiger partial charge in [0, 0.05) is 19.1 Å². The molecule has 5 heteroatoms. The van der Waals surface area contributed by atoms with Crippen LogP contribution in [0.25, 0.3) is 0 Å². The Morgan fingerprint density at radius 3 is 2.52 bits per heavy atom. The van der Waals surface area contributed by atoms with E-state index in [1.54, 1.807) is 12.1 Å². The standard InChI is InChI=1S/C18H22N4O/c1-4-12-19-18(23)16-10-11-17(21-20-16)22(14(2)3)13-15-8-6-5-7-9-15/h4-11,14H,1,12-13H2,2-3H3,(H,19,23). The fourth-order valence-electron chi connectivity index (χ4n) is 2.16. The van der Waals surface area contributed by atoms with Gasteiger partial charge in [-0.15, -0.1) is 16.8 Å². The van der Waals surface area contributed by atoms with E-state index in [4.69, 9.17) is 0 Å². The van der Waals surface area contributed by atoms with Crippen LogP contribution in [0.1, 0.15) is 29.9 Å². The molecule has 120 valence electrons. The van der Waals surface area contributed by atoms with Crippen LogP contribution in [0.4, 0.5) is 5.82 Å². The van der Waals surface area contributed by atoms with Gasteiger partial charge in [0.25, 0.3) is 5.91 Å². The summed E-state index contributed by atoms with van der Waals surface area (Å²) in [5.74, 6) is 0.507. The van der Waals surface area contributed by atoms with E-state index in [1.165, 1.54) is 5.56 Å². The maximum absolute atomic E-state index is 11.8. The molecule has 1 heterocycles. The SMILES string of the molecule is C=CCNC(=O)c1ccc(N(Cc2ccccc2)C(C)C)nn1. The first kappa shape index (κ1) is 16.7. The van der Waals surface area contributed by atoms with Crippen molar-refractivity contribution < 1.29 is 4.79 Å².